The Labute approximate surface area is 159 Å². The number of aryl methyl sites for hydroxylation is 1. The molecule has 6 nitrogen and oxygen atoms in total. The lowest BCUT2D eigenvalue weighted by atomic mass is 10.1. The van der Waals surface area contributed by atoms with Gasteiger partial charge in [0.1, 0.15) is 12.7 Å². The first-order valence-electron chi connectivity index (χ1n) is 9.11. The van der Waals surface area contributed by atoms with Crippen molar-refractivity contribution in [2.45, 2.75) is 26.3 Å². The summed E-state index contributed by atoms with van der Waals surface area (Å²) in [5.74, 6) is -0.0168. The highest BCUT2D eigenvalue weighted by Gasteiger charge is 2.15. The molecule has 3 aromatic rings. The van der Waals surface area contributed by atoms with Gasteiger partial charge in [-0.05, 0) is 55.8 Å². The van der Waals surface area contributed by atoms with E-state index in [4.69, 9.17) is 0 Å². The molecule has 0 aliphatic carbocycles. The molecular weight excluding hydrogens is 338 g/mol. The Kier molecular flexibility index (Phi) is 5.98. The van der Waals surface area contributed by atoms with E-state index in [0.29, 0.717) is 6.54 Å². The van der Waals surface area contributed by atoms with E-state index in [1.165, 1.54) is 11.9 Å². The van der Waals surface area contributed by atoms with Crippen molar-refractivity contribution in [3.8, 4) is 5.69 Å². The number of nitrogens with zero attached hydrogens (tertiary/aromatic N) is 4. The SMILES string of the molecule is CCc1cccc(NC(=O)CN(C)C(C)c2ccc(-n3cncn3)cc2)c1. The minimum absolute atomic E-state index is 0.0168. The quantitative estimate of drug-likeness (QED) is 0.698. The zero-order valence-corrected chi connectivity index (χ0v) is 16.0. The first-order chi connectivity index (χ1) is 13.1. The lowest BCUT2D eigenvalue weighted by molar-refractivity contribution is -0.117. The van der Waals surface area contributed by atoms with Crippen molar-refractivity contribution in [3.63, 3.8) is 0 Å². The van der Waals surface area contributed by atoms with Gasteiger partial charge in [0, 0.05) is 11.7 Å². The van der Waals surface area contributed by atoms with E-state index in [9.17, 15) is 4.79 Å². The monoisotopic (exact) mass is 363 g/mol. The Morgan fingerprint density at radius 1 is 1.22 bits per heavy atom. The highest BCUT2D eigenvalue weighted by molar-refractivity contribution is 5.92. The number of nitrogens with one attached hydrogen (secondary N) is 1. The van der Waals surface area contributed by atoms with E-state index in [1.807, 2.05) is 42.3 Å². The molecular formula is C21H25N5O. The summed E-state index contributed by atoms with van der Waals surface area (Å²) in [6, 6.07) is 16.2. The summed E-state index contributed by atoms with van der Waals surface area (Å²) < 4.78 is 1.72. The van der Waals surface area contributed by atoms with Crippen LogP contribution in [-0.2, 0) is 11.2 Å². The summed E-state index contributed by atoms with van der Waals surface area (Å²) in [7, 11) is 1.96. The predicted octanol–water partition coefficient (Wildman–Crippen LogP) is 3.46. The number of hydrogen-bond acceptors (Lipinski definition) is 4. The number of hydrogen-bond donors (Lipinski definition) is 1. The number of benzene rings is 2. The van der Waals surface area contributed by atoms with Gasteiger partial charge >= 0.3 is 0 Å². The Morgan fingerprint density at radius 2 is 2.00 bits per heavy atom. The second kappa shape index (κ2) is 8.60. The molecule has 1 aromatic heterocycles. The highest BCUT2D eigenvalue weighted by Crippen LogP contribution is 2.20. The Bertz CT molecular complexity index is 874. The van der Waals surface area contributed by atoms with Gasteiger partial charge in [0.15, 0.2) is 0 Å². The molecule has 0 fully saturated rings. The fourth-order valence-electron chi connectivity index (χ4n) is 2.93. The van der Waals surface area contributed by atoms with E-state index < -0.39 is 0 Å². The average molecular weight is 363 g/mol. The van der Waals surface area contributed by atoms with Crippen LogP contribution in [-0.4, -0.2) is 39.2 Å². The number of anilines is 1. The van der Waals surface area contributed by atoms with Crippen molar-refractivity contribution in [1.29, 1.82) is 0 Å². The van der Waals surface area contributed by atoms with Crippen LogP contribution in [0.15, 0.2) is 61.2 Å². The third-order valence-corrected chi connectivity index (χ3v) is 4.73. The molecule has 0 aliphatic heterocycles. The van der Waals surface area contributed by atoms with Crippen molar-refractivity contribution in [2.24, 2.45) is 0 Å². The molecule has 140 valence electrons. The molecule has 1 atom stereocenters. The zero-order valence-electron chi connectivity index (χ0n) is 16.0. The minimum atomic E-state index is -0.0168. The number of carbonyl (C=O) groups is 1. The van der Waals surface area contributed by atoms with E-state index in [1.54, 1.807) is 11.0 Å². The van der Waals surface area contributed by atoms with Gasteiger partial charge in [-0.2, -0.15) is 5.10 Å². The van der Waals surface area contributed by atoms with Gasteiger partial charge in [-0.25, -0.2) is 9.67 Å². The lowest BCUT2D eigenvalue weighted by Crippen LogP contribution is -2.32. The summed E-state index contributed by atoms with van der Waals surface area (Å²) in [5.41, 5.74) is 4.15. The molecule has 1 heterocycles. The maximum atomic E-state index is 12.4. The summed E-state index contributed by atoms with van der Waals surface area (Å²) in [6.45, 7) is 4.52. The van der Waals surface area contributed by atoms with Gasteiger partial charge in [-0.3, -0.25) is 9.69 Å². The molecule has 0 saturated heterocycles. The molecule has 3 rings (SSSR count). The first-order valence-corrected chi connectivity index (χ1v) is 9.11. The number of amides is 1. The van der Waals surface area contributed by atoms with Crippen molar-refractivity contribution >= 4 is 11.6 Å². The normalized spacial score (nSPS) is 12.1. The second-order valence-electron chi connectivity index (χ2n) is 6.62. The van der Waals surface area contributed by atoms with Gasteiger partial charge < -0.3 is 5.32 Å². The molecule has 0 radical (unpaired) electrons. The van der Waals surface area contributed by atoms with Gasteiger partial charge in [0.2, 0.25) is 5.91 Å². The van der Waals surface area contributed by atoms with E-state index in [0.717, 1.165) is 23.4 Å². The molecule has 1 N–H and O–H groups in total. The van der Waals surface area contributed by atoms with Crippen LogP contribution in [0.25, 0.3) is 5.69 Å². The maximum absolute atomic E-state index is 12.4. The Hall–Kier alpha value is -2.99. The topological polar surface area (TPSA) is 63.1 Å². The lowest BCUT2D eigenvalue weighted by Gasteiger charge is -2.24. The fraction of sp³-hybridized carbons (Fsp3) is 0.286. The van der Waals surface area contributed by atoms with E-state index >= 15 is 0 Å². The zero-order chi connectivity index (χ0) is 19.2. The summed E-state index contributed by atoms with van der Waals surface area (Å²) in [5, 5.41) is 7.11. The van der Waals surface area contributed by atoms with Crippen LogP contribution in [0, 0.1) is 0 Å². The molecule has 1 amide bonds. The van der Waals surface area contributed by atoms with Crippen LogP contribution in [0.5, 0.6) is 0 Å². The maximum Gasteiger partial charge on any atom is 0.238 e. The molecule has 2 aromatic carbocycles. The molecule has 0 spiro atoms. The third kappa shape index (κ3) is 4.80. The van der Waals surface area contributed by atoms with Crippen LogP contribution in [0.1, 0.15) is 31.0 Å². The van der Waals surface area contributed by atoms with Crippen molar-refractivity contribution < 1.29 is 4.79 Å². The Morgan fingerprint density at radius 3 is 2.67 bits per heavy atom. The molecule has 0 saturated carbocycles. The van der Waals surface area contributed by atoms with Gasteiger partial charge in [0.05, 0.1) is 12.2 Å². The standard InChI is InChI=1S/C21H25N5O/c1-4-17-6-5-7-19(12-17)24-21(27)13-25(3)16(2)18-8-10-20(11-9-18)26-15-22-14-23-26/h5-12,14-16H,4,13H2,1-3H3,(H,24,27). The summed E-state index contributed by atoms with van der Waals surface area (Å²) in [4.78, 5) is 18.4. The van der Waals surface area contributed by atoms with Gasteiger partial charge in [-0.15, -0.1) is 0 Å². The molecule has 0 aliphatic rings. The Balaban J connectivity index is 1.59. The largest absolute Gasteiger partial charge is 0.325 e. The minimum Gasteiger partial charge on any atom is -0.325 e. The van der Waals surface area contributed by atoms with Crippen molar-refractivity contribution in [1.82, 2.24) is 19.7 Å². The molecule has 27 heavy (non-hydrogen) atoms. The predicted molar refractivity (Wildman–Crippen MR) is 107 cm³/mol. The molecule has 0 bridgehead atoms. The van der Waals surface area contributed by atoms with Gasteiger partial charge in [0.25, 0.3) is 0 Å². The van der Waals surface area contributed by atoms with E-state index in [-0.39, 0.29) is 11.9 Å². The van der Waals surface area contributed by atoms with Crippen molar-refractivity contribution in [3.05, 3.63) is 72.3 Å². The average Bonchev–Trinajstić information content (AvgIpc) is 3.22. The van der Waals surface area contributed by atoms with Crippen LogP contribution in [0.2, 0.25) is 0 Å². The fourth-order valence-corrected chi connectivity index (χ4v) is 2.93. The molecule has 6 heteroatoms. The van der Waals surface area contributed by atoms with Crippen molar-refractivity contribution in [2.75, 3.05) is 18.9 Å². The number of aromatic nitrogens is 3. The highest BCUT2D eigenvalue weighted by atomic mass is 16.2. The number of rotatable bonds is 7. The number of likely N-dealkylation sites (N-methyl/N-ethyl adjacent to an activating group) is 1. The summed E-state index contributed by atoms with van der Waals surface area (Å²) >= 11 is 0. The number of carbonyl (C=O) groups excluding carboxylic acids is 1. The van der Waals surface area contributed by atoms with Crippen LogP contribution >= 0.6 is 0 Å². The van der Waals surface area contributed by atoms with Gasteiger partial charge in [-0.1, -0.05) is 31.2 Å². The smallest absolute Gasteiger partial charge is 0.238 e. The van der Waals surface area contributed by atoms with E-state index in [2.05, 4.69) is 47.4 Å². The second-order valence-corrected chi connectivity index (χ2v) is 6.62. The first kappa shape index (κ1) is 18.8. The van der Waals surface area contributed by atoms with Crippen LogP contribution in [0.4, 0.5) is 5.69 Å². The van der Waals surface area contributed by atoms with Crippen LogP contribution in [0.3, 0.4) is 0 Å². The molecule has 1 unspecified atom stereocenters. The summed E-state index contributed by atoms with van der Waals surface area (Å²) in [6.07, 6.45) is 4.13. The third-order valence-electron chi connectivity index (χ3n) is 4.73. The van der Waals surface area contributed by atoms with Crippen LogP contribution < -0.4 is 5.32 Å².